The van der Waals surface area contributed by atoms with Gasteiger partial charge in [-0.3, -0.25) is 58.5 Å². The third-order valence-electron chi connectivity index (χ3n) is 12.6. The quantitative estimate of drug-likeness (QED) is 0.0313. The van der Waals surface area contributed by atoms with Gasteiger partial charge < -0.3 is 35.0 Å². The Morgan fingerprint density at radius 1 is 0.773 bits per heavy atom. The van der Waals surface area contributed by atoms with Crippen LogP contribution in [0.25, 0.3) is 22.1 Å². The van der Waals surface area contributed by atoms with E-state index in [1.807, 2.05) is 13.8 Å². The van der Waals surface area contributed by atoms with Gasteiger partial charge in [0, 0.05) is 70.3 Å². The number of imide groups is 1. The number of hydrogen-bond donors (Lipinski definition) is 4. The number of aromatic nitrogens is 8. The van der Waals surface area contributed by atoms with Crippen molar-refractivity contribution in [1.82, 2.24) is 48.5 Å². The molecule has 1 fully saturated rings. The molecule has 0 spiro atoms. The first-order valence-electron chi connectivity index (χ1n) is 24.9. The molecule has 1 aliphatic rings. The Morgan fingerprint density at radius 3 is 1.81 bits per heavy atom. The van der Waals surface area contributed by atoms with Crippen molar-refractivity contribution in [3.63, 3.8) is 0 Å². The van der Waals surface area contributed by atoms with Gasteiger partial charge in [-0.05, 0) is 82.7 Å². The van der Waals surface area contributed by atoms with E-state index in [1.165, 1.54) is 52.9 Å². The average molecular weight is 1050 g/mol. The van der Waals surface area contributed by atoms with Gasteiger partial charge in [-0.15, -0.1) is 11.8 Å². The predicted molar refractivity (Wildman–Crippen MR) is 283 cm³/mol. The van der Waals surface area contributed by atoms with Crippen LogP contribution in [0.4, 0.5) is 11.9 Å². The lowest BCUT2D eigenvalue weighted by Gasteiger charge is -2.20. The fourth-order valence-electron chi connectivity index (χ4n) is 8.79. The SMILES string of the molecule is CCCCCSC1CC(=O)N(CCC(=O)N(C)CCCOc2cc(C(N)=O)cc3nc(NC(=O)c4cc(C)nn4CC)n(C/C=C/Cn4c(NC(=O)c5cc(C)nn5CC)nc5cc(C(N)=O)cc(OC)c54)c23)C1=O. The van der Waals surface area contributed by atoms with Crippen molar-refractivity contribution in [2.45, 2.75) is 105 Å². The highest BCUT2D eigenvalue weighted by Crippen LogP contribution is 2.34. The van der Waals surface area contributed by atoms with E-state index >= 15 is 0 Å². The Labute approximate surface area is 437 Å². The Morgan fingerprint density at radius 2 is 1.31 bits per heavy atom. The number of allylic oxidation sites excluding steroid dienone is 2. The van der Waals surface area contributed by atoms with Gasteiger partial charge in [0.05, 0.1) is 41.4 Å². The maximum absolute atomic E-state index is 13.9. The number of hydrogen-bond acceptors (Lipinski definition) is 14. The molecule has 23 nitrogen and oxygen atoms in total. The molecule has 7 amide bonds. The van der Waals surface area contributed by atoms with Gasteiger partial charge in [-0.2, -0.15) is 10.2 Å². The smallest absolute Gasteiger partial charge is 0.276 e. The average Bonchev–Trinajstić information content (AvgIpc) is 4.21. The van der Waals surface area contributed by atoms with Crippen molar-refractivity contribution in [1.29, 1.82) is 0 Å². The number of nitrogens with one attached hydrogen (secondary N) is 2. The molecule has 1 atom stereocenters. The summed E-state index contributed by atoms with van der Waals surface area (Å²) in [6, 6.07) is 9.33. The highest BCUT2D eigenvalue weighted by Gasteiger charge is 2.38. The summed E-state index contributed by atoms with van der Waals surface area (Å²) < 4.78 is 18.6. The first-order chi connectivity index (χ1) is 36.0. The number of carbonyl (C=O) groups excluding carboxylic acids is 7. The summed E-state index contributed by atoms with van der Waals surface area (Å²) in [4.78, 5) is 104. The summed E-state index contributed by atoms with van der Waals surface area (Å²) in [5, 5.41) is 14.2. The summed E-state index contributed by atoms with van der Waals surface area (Å²) in [6.07, 6.45) is 7.18. The number of thioether (sulfide) groups is 1. The second-order valence-electron chi connectivity index (χ2n) is 18.0. The first kappa shape index (κ1) is 54.7. The van der Waals surface area contributed by atoms with Gasteiger partial charge in [-0.1, -0.05) is 31.9 Å². The number of likely N-dealkylation sites (tertiary alicyclic amines) is 1. The van der Waals surface area contributed by atoms with E-state index in [2.05, 4.69) is 27.8 Å². The van der Waals surface area contributed by atoms with Crippen LogP contribution >= 0.6 is 11.8 Å². The van der Waals surface area contributed by atoms with Crippen LogP contribution in [0.1, 0.15) is 112 Å². The molecule has 6 N–H and O–H groups in total. The molecular formula is C51H64N14O9S. The molecule has 5 heterocycles. The zero-order chi connectivity index (χ0) is 54.1. The minimum Gasteiger partial charge on any atom is -0.494 e. The normalized spacial score (nSPS) is 13.6. The lowest BCUT2D eigenvalue weighted by Crippen LogP contribution is -2.36. The van der Waals surface area contributed by atoms with Gasteiger partial charge in [0.15, 0.2) is 0 Å². The van der Waals surface area contributed by atoms with Crippen molar-refractivity contribution in [3.8, 4) is 11.5 Å². The third kappa shape index (κ3) is 12.5. The number of anilines is 2. The molecule has 1 saturated heterocycles. The number of fused-ring (bicyclic) bond motifs is 2. The number of nitrogens with zero attached hydrogens (tertiary/aromatic N) is 10. The molecule has 75 heavy (non-hydrogen) atoms. The van der Waals surface area contributed by atoms with Crippen LogP contribution < -0.4 is 31.6 Å². The van der Waals surface area contributed by atoms with Crippen molar-refractivity contribution in [2.75, 3.05) is 50.2 Å². The zero-order valence-corrected chi connectivity index (χ0v) is 44.1. The molecule has 4 aromatic heterocycles. The van der Waals surface area contributed by atoms with E-state index in [0.717, 1.165) is 25.0 Å². The number of benzene rings is 2. The number of imidazole rings is 2. The van der Waals surface area contributed by atoms with E-state index in [9.17, 15) is 33.6 Å². The summed E-state index contributed by atoms with van der Waals surface area (Å²) in [7, 11) is 3.08. The maximum Gasteiger partial charge on any atom is 0.276 e. The highest BCUT2D eigenvalue weighted by molar-refractivity contribution is 8.00. The second-order valence-corrected chi connectivity index (χ2v) is 19.3. The van der Waals surface area contributed by atoms with Gasteiger partial charge in [0.1, 0.15) is 33.9 Å². The second kappa shape index (κ2) is 24.3. The maximum atomic E-state index is 13.9. The number of aryl methyl sites for hydroxylation is 4. The van der Waals surface area contributed by atoms with E-state index in [4.69, 9.17) is 30.9 Å². The van der Waals surface area contributed by atoms with Crippen LogP contribution in [-0.4, -0.2) is 135 Å². The molecule has 2 aromatic carbocycles. The molecule has 0 bridgehead atoms. The van der Waals surface area contributed by atoms with Crippen LogP contribution in [0.2, 0.25) is 0 Å². The summed E-state index contributed by atoms with van der Waals surface area (Å²) in [6.45, 7) is 10.8. The summed E-state index contributed by atoms with van der Waals surface area (Å²) >= 11 is 1.50. The summed E-state index contributed by atoms with van der Waals surface area (Å²) in [5.74, 6) is -1.59. The molecule has 0 radical (unpaired) electrons. The fraction of sp³-hybridized carbons (Fsp3) is 0.431. The molecule has 7 rings (SSSR count). The van der Waals surface area contributed by atoms with Gasteiger partial charge in [-0.25, -0.2) is 9.97 Å². The molecule has 6 aromatic rings. The van der Waals surface area contributed by atoms with Crippen LogP contribution in [-0.2, 0) is 40.6 Å². The molecule has 398 valence electrons. The van der Waals surface area contributed by atoms with Crippen LogP contribution in [0.15, 0.2) is 48.6 Å². The van der Waals surface area contributed by atoms with E-state index in [1.54, 1.807) is 63.7 Å². The van der Waals surface area contributed by atoms with Crippen LogP contribution in [0.5, 0.6) is 11.5 Å². The minimum atomic E-state index is -0.742. The molecule has 0 aliphatic carbocycles. The molecule has 1 unspecified atom stereocenters. The van der Waals surface area contributed by atoms with Crippen LogP contribution in [0, 0.1) is 13.8 Å². The number of methoxy groups -OCH3 is 1. The Hall–Kier alpha value is -8.02. The minimum absolute atomic E-state index is 0.00744. The number of primary amides is 2. The van der Waals surface area contributed by atoms with Crippen molar-refractivity contribution >= 4 is 87.1 Å². The van der Waals surface area contributed by atoms with Crippen molar-refractivity contribution < 1.29 is 43.0 Å². The number of carbonyl (C=O) groups is 7. The van der Waals surface area contributed by atoms with E-state index in [0.29, 0.717) is 58.8 Å². The Balaban J connectivity index is 1.14. The highest BCUT2D eigenvalue weighted by atomic mass is 32.2. The Kier molecular flexibility index (Phi) is 17.8. The molecular weight excluding hydrogens is 985 g/mol. The van der Waals surface area contributed by atoms with Crippen molar-refractivity contribution in [3.05, 3.63) is 82.5 Å². The van der Waals surface area contributed by atoms with Crippen molar-refractivity contribution in [2.24, 2.45) is 11.5 Å². The monoisotopic (exact) mass is 1050 g/mol. The fourth-order valence-corrected chi connectivity index (χ4v) is 9.97. The number of amides is 7. The lowest BCUT2D eigenvalue weighted by molar-refractivity contribution is -0.139. The standard InChI is InChI=1S/C51H64N14O9S/c1-8-11-14-22-75-40-29-42(67)61(49(40)72)20-16-41(66)60(6)17-15-21-74-39-28-33(46(53)69)26-35-44(39)63(51(55-35)57-48(71)37-24-31(5)59-65(37)10-3)19-13-12-18-62-43-34(25-32(45(52)68)27-38(43)73-7)54-50(62)56-47(70)36-23-30(4)58-64(36)9-2/h12-13,23-28,40H,8-11,14-22,29H2,1-7H3,(H2,52,68)(H2,53,69)(H,54,56,70)(H,55,57,71)/b13-12+. The zero-order valence-electron chi connectivity index (χ0n) is 43.3. The predicted octanol–water partition coefficient (Wildman–Crippen LogP) is 5.07. The largest absolute Gasteiger partial charge is 0.494 e. The number of ether oxygens (including phenoxy) is 2. The topological polar surface area (TPSA) is 292 Å². The van der Waals surface area contributed by atoms with Crippen LogP contribution in [0.3, 0.4) is 0 Å². The van der Waals surface area contributed by atoms with E-state index in [-0.39, 0.29) is 103 Å². The number of unbranched alkanes of at least 4 members (excludes halogenated alkanes) is 2. The number of rotatable bonds is 26. The molecule has 24 heteroatoms. The third-order valence-corrected chi connectivity index (χ3v) is 13.9. The van der Waals surface area contributed by atoms with Gasteiger partial charge >= 0.3 is 0 Å². The molecule has 0 saturated carbocycles. The summed E-state index contributed by atoms with van der Waals surface area (Å²) in [5.41, 5.74) is 15.1. The number of nitrogens with two attached hydrogens (primary N) is 2. The van der Waals surface area contributed by atoms with Gasteiger partial charge in [0.25, 0.3) is 11.8 Å². The first-order valence-corrected chi connectivity index (χ1v) is 25.9. The lowest BCUT2D eigenvalue weighted by atomic mass is 10.1. The van der Waals surface area contributed by atoms with Gasteiger partial charge in [0.2, 0.25) is 41.4 Å². The Bertz CT molecular complexity index is 3190. The van der Waals surface area contributed by atoms with E-state index < -0.39 is 28.9 Å². The molecule has 1 aliphatic heterocycles.